The van der Waals surface area contributed by atoms with Gasteiger partial charge in [0.25, 0.3) is 0 Å². The number of carbonyl (C=O) groups excluding carboxylic acids is 1. The van der Waals surface area contributed by atoms with E-state index >= 15 is 0 Å². The summed E-state index contributed by atoms with van der Waals surface area (Å²) < 4.78 is 10.6. The van der Waals surface area contributed by atoms with E-state index in [1.165, 1.54) is 0 Å². The number of ketones is 1. The van der Waals surface area contributed by atoms with Gasteiger partial charge in [-0.3, -0.25) is 4.79 Å². The van der Waals surface area contributed by atoms with E-state index in [0.29, 0.717) is 17.7 Å². The first-order valence-electron chi connectivity index (χ1n) is 6.58. The summed E-state index contributed by atoms with van der Waals surface area (Å²) in [6, 6.07) is 12.7. The summed E-state index contributed by atoms with van der Waals surface area (Å²) >= 11 is 0. The minimum Gasteiger partial charge on any atom is -0.497 e. The van der Waals surface area contributed by atoms with E-state index < -0.39 is 0 Å². The SMILES string of the molecule is CCOc1cccc(C(=O)c2ccc(OC)cc2)c1C. The van der Waals surface area contributed by atoms with Gasteiger partial charge in [0.15, 0.2) is 5.78 Å². The van der Waals surface area contributed by atoms with Crippen LogP contribution in [0.25, 0.3) is 0 Å². The van der Waals surface area contributed by atoms with Crippen molar-refractivity contribution in [1.82, 2.24) is 0 Å². The van der Waals surface area contributed by atoms with E-state index in [0.717, 1.165) is 17.1 Å². The first kappa shape index (κ1) is 14.1. The second-order valence-corrected chi connectivity index (χ2v) is 4.42. The molecule has 0 unspecified atom stereocenters. The van der Waals surface area contributed by atoms with Gasteiger partial charge in [0.05, 0.1) is 13.7 Å². The van der Waals surface area contributed by atoms with Crippen molar-refractivity contribution in [3.05, 3.63) is 59.2 Å². The van der Waals surface area contributed by atoms with Crippen molar-refractivity contribution in [1.29, 1.82) is 0 Å². The highest BCUT2D eigenvalue weighted by molar-refractivity contribution is 6.10. The number of benzene rings is 2. The lowest BCUT2D eigenvalue weighted by molar-refractivity contribution is 0.103. The Labute approximate surface area is 119 Å². The standard InChI is InChI=1S/C17H18O3/c1-4-20-16-7-5-6-15(12(16)2)17(18)13-8-10-14(19-3)11-9-13/h5-11H,4H2,1-3H3. The molecule has 3 heteroatoms. The molecule has 20 heavy (non-hydrogen) atoms. The van der Waals surface area contributed by atoms with Gasteiger partial charge in [0, 0.05) is 16.7 Å². The maximum Gasteiger partial charge on any atom is 0.193 e. The Morgan fingerprint density at radius 3 is 2.40 bits per heavy atom. The molecule has 0 fully saturated rings. The molecule has 0 aliphatic heterocycles. The van der Waals surface area contributed by atoms with Crippen molar-refractivity contribution >= 4 is 5.78 Å². The molecule has 3 nitrogen and oxygen atoms in total. The zero-order valence-corrected chi connectivity index (χ0v) is 12.0. The third-order valence-electron chi connectivity index (χ3n) is 3.18. The number of carbonyl (C=O) groups is 1. The van der Waals surface area contributed by atoms with Crippen LogP contribution in [-0.4, -0.2) is 19.5 Å². The zero-order valence-electron chi connectivity index (χ0n) is 12.0. The summed E-state index contributed by atoms with van der Waals surface area (Å²) in [5, 5.41) is 0. The average molecular weight is 270 g/mol. The summed E-state index contributed by atoms with van der Waals surface area (Å²) in [6.07, 6.45) is 0. The Kier molecular flexibility index (Phi) is 4.41. The second kappa shape index (κ2) is 6.24. The molecule has 0 saturated heterocycles. The molecule has 0 saturated carbocycles. The predicted molar refractivity (Wildman–Crippen MR) is 78.8 cm³/mol. The van der Waals surface area contributed by atoms with Gasteiger partial charge in [-0.25, -0.2) is 0 Å². The van der Waals surface area contributed by atoms with E-state index in [4.69, 9.17) is 9.47 Å². The van der Waals surface area contributed by atoms with Crippen LogP contribution in [0.4, 0.5) is 0 Å². The van der Waals surface area contributed by atoms with Crippen LogP contribution < -0.4 is 9.47 Å². The first-order chi connectivity index (χ1) is 9.67. The van der Waals surface area contributed by atoms with E-state index in [2.05, 4.69) is 0 Å². The fraction of sp³-hybridized carbons (Fsp3) is 0.235. The van der Waals surface area contributed by atoms with Crippen molar-refractivity contribution in [2.75, 3.05) is 13.7 Å². The summed E-state index contributed by atoms with van der Waals surface area (Å²) in [5.74, 6) is 1.49. The molecule has 0 aromatic heterocycles. The number of hydrogen-bond donors (Lipinski definition) is 0. The van der Waals surface area contributed by atoms with Crippen molar-refractivity contribution in [3.8, 4) is 11.5 Å². The van der Waals surface area contributed by atoms with E-state index in [1.54, 1.807) is 31.4 Å². The number of hydrogen-bond acceptors (Lipinski definition) is 3. The van der Waals surface area contributed by atoms with Gasteiger partial charge in [0.2, 0.25) is 0 Å². The van der Waals surface area contributed by atoms with Crippen molar-refractivity contribution in [2.24, 2.45) is 0 Å². The quantitative estimate of drug-likeness (QED) is 0.778. The van der Waals surface area contributed by atoms with Crippen LogP contribution in [0.3, 0.4) is 0 Å². The fourth-order valence-electron chi connectivity index (χ4n) is 2.07. The summed E-state index contributed by atoms with van der Waals surface area (Å²) in [5.41, 5.74) is 2.18. The van der Waals surface area contributed by atoms with Gasteiger partial charge >= 0.3 is 0 Å². The highest BCUT2D eigenvalue weighted by Crippen LogP contribution is 2.24. The molecule has 0 aliphatic carbocycles. The van der Waals surface area contributed by atoms with Gasteiger partial charge in [-0.05, 0) is 44.2 Å². The largest absolute Gasteiger partial charge is 0.497 e. The third-order valence-corrected chi connectivity index (χ3v) is 3.18. The first-order valence-corrected chi connectivity index (χ1v) is 6.58. The van der Waals surface area contributed by atoms with Gasteiger partial charge < -0.3 is 9.47 Å². The molecule has 0 N–H and O–H groups in total. The van der Waals surface area contributed by atoms with Crippen molar-refractivity contribution < 1.29 is 14.3 Å². The predicted octanol–water partition coefficient (Wildman–Crippen LogP) is 3.63. The summed E-state index contributed by atoms with van der Waals surface area (Å²) in [6.45, 7) is 4.42. The third kappa shape index (κ3) is 2.82. The molecule has 104 valence electrons. The molecule has 2 aromatic rings. The van der Waals surface area contributed by atoms with Crippen LogP contribution in [-0.2, 0) is 0 Å². The Hall–Kier alpha value is -2.29. The van der Waals surface area contributed by atoms with Gasteiger partial charge in [-0.2, -0.15) is 0 Å². The lowest BCUT2D eigenvalue weighted by Gasteiger charge is -2.11. The molecular formula is C17H18O3. The smallest absolute Gasteiger partial charge is 0.193 e. The Bertz CT molecular complexity index is 600. The maximum atomic E-state index is 12.5. The van der Waals surface area contributed by atoms with Crippen LogP contribution >= 0.6 is 0 Å². The minimum absolute atomic E-state index is 0.00768. The molecule has 2 aromatic carbocycles. The zero-order chi connectivity index (χ0) is 14.5. The molecule has 0 amide bonds. The lowest BCUT2D eigenvalue weighted by Crippen LogP contribution is -2.05. The molecular weight excluding hydrogens is 252 g/mol. The van der Waals surface area contributed by atoms with Crippen LogP contribution in [0.5, 0.6) is 11.5 Å². The highest BCUT2D eigenvalue weighted by atomic mass is 16.5. The summed E-state index contributed by atoms with van der Waals surface area (Å²) in [7, 11) is 1.60. The van der Waals surface area contributed by atoms with Crippen molar-refractivity contribution in [2.45, 2.75) is 13.8 Å². The Morgan fingerprint density at radius 1 is 1.10 bits per heavy atom. The molecule has 0 heterocycles. The van der Waals surface area contributed by atoms with E-state index in [1.807, 2.05) is 32.0 Å². The molecule has 2 rings (SSSR count). The number of ether oxygens (including phenoxy) is 2. The van der Waals surface area contributed by atoms with E-state index in [-0.39, 0.29) is 5.78 Å². The van der Waals surface area contributed by atoms with E-state index in [9.17, 15) is 4.79 Å². The van der Waals surface area contributed by atoms with Crippen LogP contribution in [0.15, 0.2) is 42.5 Å². The maximum absolute atomic E-state index is 12.5. The molecule has 0 radical (unpaired) electrons. The normalized spacial score (nSPS) is 10.2. The van der Waals surface area contributed by atoms with Gasteiger partial charge in [0.1, 0.15) is 11.5 Å². The second-order valence-electron chi connectivity index (χ2n) is 4.42. The molecule has 0 aliphatic rings. The average Bonchev–Trinajstić information content (AvgIpc) is 2.49. The number of methoxy groups -OCH3 is 1. The monoisotopic (exact) mass is 270 g/mol. The van der Waals surface area contributed by atoms with Gasteiger partial charge in [-0.15, -0.1) is 0 Å². The lowest BCUT2D eigenvalue weighted by atomic mass is 9.98. The van der Waals surface area contributed by atoms with Crippen LogP contribution in [0, 0.1) is 6.92 Å². The Balaban J connectivity index is 2.35. The summed E-state index contributed by atoms with van der Waals surface area (Å²) in [4.78, 5) is 12.5. The topological polar surface area (TPSA) is 35.5 Å². The fourth-order valence-corrected chi connectivity index (χ4v) is 2.07. The van der Waals surface area contributed by atoms with Gasteiger partial charge in [-0.1, -0.05) is 12.1 Å². The molecule has 0 atom stereocenters. The highest BCUT2D eigenvalue weighted by Gasteiger charge is 2.14. The molecule has 0 bridgehead atoms. The van der Waals surface area contributed by atoms with Crippen LogP contribution in [0.1, 0.15) is 28.4 Å². The molecule has 0 spiro atoms. The minimum atomic E-state index is -0.00768. The van der Waals surface area contributed by atoms with Crippen molar-refractivity contribution in [3.63, 3.8) is 0 Å². The van der Waals surface area contributed by atoms with Crippen LogP contribution in [0.2, 0.25) is 0 Å². The Morgan fingerprint density at radius 2 is 1.80 bits per heavy atom. The number of rotatable bonds is 5.